The molecule has 2 aromatic carbocycles. The lowest BCUT2D eigenvalue weighted by Gasteiger charge is -2.24. The lowest BCUT2D eigenvalue weighted by Crippen LogP contribution is -2.32. The van der Waals surface area contributed by atoms with Crippen LogP contribution < -0.4 is 9.47 Å². The van der Waals surface area contributed by atoms with E-state index >= 15 is 0 Å². The lowest BCUT2D eigenvalue weighted by atomic mass is 10.0. The molecule has 0 atom stereocenters. The number of rotatable bonds is 9. The summed E-state index contributed by atoms with van der Waals surface area (Å²) in [5.74, 6) is 1.47. The van der Waals surface area contributed by atoms with Gasteiger partial charge in [-0.05, 0) is 43.0 Å². The van der Waals surface area contributed by atoms with Crippen molar-refractivity contribution in [1.82, 2.24) is 5.01 Å². The van der Waals surface area contributed by atoms with E-state index in [0.717, 1.165) is 37.0 Å². The summed E-state index contributed by atoms with van der Waals surface area (Å²) >= 11 is 0. The Balaban J connectivity index is 1.56. The van der Waals surface area contributed by atoms with Crippen molar-refractivity contribution in [2.45, 2.75) is 38.5 Å². The molecule has 0 saturated carbocycles. The Kier molecular flexibility index (Phi) is 7.06. The SMILES string of the molecule is COc1ccc(C2=NN(CCCCCc3ccccc3)C(=O)CC2)cc1OC. The average molecular weight is 380 g/mol. The number of unbranched alkanes of at least 4 members (excludes halogenated alkanes) is 2. The fourth-order valence-corrected chi connectivity index (χ4v) is 3.41. The van der Waals surface area contributed by atoms with Crippen molar-refractivity contribution in [3.8, 4) is 11.5 Å². The van der Waals surface area contributed by atoms with Crippen LogP contribution in [0.15, 0.2) is 53.6 Å². The summed E-state index contributed by atoms with van der Waals surface area (Å²) in [7, 11) is 3.24. The Morgan fingerprint density at radius 3 is 2.46 bits per heavy atom. The average Bonchev–Trinajstić information content (AvgIpc) is 2.75. The first-order valence-electron chi connectivity index (χ1n) is 9.85. The van der Waals surface area contributed by atoms with Crippen LogP contribution in [-0.2, 0) is 11.2 Å². The molecule has 1 aliphatic heterocycles. The molecular formula is C23H28N2O3. The smallest absolute Gasteiger partial charge is 0.243 e. The van der Waals surface area contributed by atoms with Crippen LogP contribution in [0, 0.1) is 0 Å². The molecule has 0 radical (unpaired) electrons. The summed E-state index contributed by atoms with van der Waals surface area (Å²) in [4.78, 5) is 12.3. The van der Waals surface area contributed by atoms with Gasteiger partial charge in [-0.25, -0.2) is 5.01 Å². The molecule has 3 rings (SSSR count). The summed E-state index contributed by atoms with van der Waals surface area (Å²) < 4.78 is 10.7. The molecule has 2 aromatic rings. The van der Waals surface area contributed by atoms with Crippen molar-refractivity contribution in [3.63, 3.8) is 0 Å². The van der Waals surface area contributed by atoms with Crippen molar-refractivity contribution in [2.24, 2.45) is 5.10 Å². The fourth-order valence-electron chi connectivity index (χ4n) is 3.41. The van der Waals surface area contributed by atoms with Crippen LogP contribution in [0.2, 0.25) is 0 Å². The molecule has 1 amide bonds. The van der Waals surface area contributed by atoms with Gasteiger partial charge in [-0.15, -0.1) is 0 Å². The minimum atomic E-state index is 0.104. The van der Waals surface area contributed by atoms with Crippen molar-refractivity contribution in [1.29, 1.82) is 0 Å². The maximum absolute atomic E-state index is 12.3. The molecule has 0 aromatic heterocycles. The third-order valence-electron chi connectivity index (χ3n) is 5.00. The molecular weight excluding hydrogens is 352 g/mol. The highest BCUT2D eigenvalue weighted by Gasteiger charge is 2.21. The highest BCUT2D eigenvalue weighted by atomic mass is 16.5. The van der Waals surface area contributed by atoms with Crippen molar-refractivity contribution in [3.05, 3.63) is 59.7 Å². The van der Waals surface area contributed by atoms with Gasteiger partial charge in [0.1, 0.15) is 0 Å². The third kappa shape index (κ3) is 5.12. The van der Waals surface area contributed by atoms with Gasteiger partial charge in [0.25, 0.3) is 0 Å². The molecule has 0 fully saturated rings. The summed E-state index contributed by atoms with van der Waals surface area (Å²) in [6.45, 7) is 0.671. The monoisotopic (exact) mass is 380 g/mol. The van der Waals surface area contributed by atoms with Crippen LogP contribution in [-0.4, -0.2) is 37.4 Å². The largest absolute Gasteiger partial charge is 0.493 e. The molecule has 0 saturated heterocycles. The maximum atomic E-state index is 12.3. The molecule has 1 heterocycles. The van der Waals surface area contributed by atoms with Gasteiger partial charge in [0, 0.05) is 24.9 Å². The van der Waals surface area contributed by atoms with Crippen molar-refractivity contribution >= 4 is 11.6 Å². The molecule has 0 aliphatic carbocycles. The Hall–Kier alpha value is -2.82. The van der Waals surface area contributed by atoms with Gasteiger partial charge in [0.15, 0.2) is 11.5 Å². The summed E-state index contributed by atoms with van der Waals surface area (Å²) in [6, 6.07) is 16.3. The van der Waals surface area contributed by atoms with Crippen LogP contribution >= 0.6 is 0 Å². The number of aryl methyl sites for hydroxylation is 1. The van der Waals surface area contributed by atoms with E-state index < -0.39 is 0 Å². The first-order chi connectivity index (χ1) is 13.7. The van der Waals surface area contributed by atoms with Gasteiger partial charge in [0.2, 0.25) is 5.91 Å². The zero-order chi connectivity index (χ0) is 19.8. The number of benzene rings is 2. The van der Waals surface area contributed by atoms with Gasteiger partial charge in [-0.3, -0.25) is 4.79 Å². The Bertz CT molecular complexity index is 818. The van der Waals surface area contributed by atoms with Crippen molar-refractivity contribution in [2.75, 3.05) is 20.8 Å². The minimum absolute atomic E-state index is 0.104. The van der Waals surface area contributed by atoms with Gasteiger partial charge < -0.3 is 9.47 Å². The molecule has 5 heteroatoms. The minimum Gasteiger partial charge on any atom is -0.493 e. The van der Waals surface area contributed by atoms with Gasteiger partial charge >= 0.3 is 0 Å². The zero-order valence-corrected chi connectivity index (χ0v) is 16.7. The Labute approximate surface area is 167 Å². The molecule has 0 unspecified atom stereocenters. The van der Waals surface area contributed by atoms with E-state index in [-0.39, 0.29) is 5.91 Å². The molecule has 28 heavy (non-hydrogen) atoms. The number of carbonyl (C=O) groups is 1. The standard InChI is InChI=1S/C23H28N2O3/c1-27-21-14-12-19(17-22(21)28-2)20-13-15-23(26)25(24-20)16-8-4-7-11-18-9-5-3-6-10-18/h3,5-6,9-10,12,14,17H,4,7-8,11,13,15-16H2,1-2H3. The van der Waals surface area contributed by atoms with Crippen molar-refractivity contribution < 1.29 is 14.3 Å². The highest BCUT2D eigenvalue weighted by Crippen LogP contribution is 2.29. The van der Waals surface area contributed by atoms with Crippen LogP contribution in [0.5, 0.6) is 11.5 Å². The first-order valence-corrected chi connectivity index (χ1v) is 9.85. The van der Waals surface area contributed by atoms with E-state index in [1.165, 1.54) is 5.56 Å². The normalized spacial score (nSPS) is 14.0. The highest BCUT2D eigenvalue weighted by molar-refractivity contribution is 6.04. The molecule has 0 N–H and O–H groups in total. The van der Waals surface area contributed by atoms with Crippen LogP contribution in [0.3, 0.4) is 0 Å². The number of hydrogen-bond donors (Lipinski definition) is 0. The molecule has 5 nitrogen and oxygen atoms in total. The van der Waals surface area contributed by atoms with E-state index in [9.17, 15) is 4.79 Å². The number of ether oxygens (including phenoxy) is 2. The topological polar surface area (TPSA) is 51.1 Å². The van der Waals surface area contributed by atoms with Gasteiger partial charge in [-0.2, -0.15) is 5.10 Å². The quantitative estimate of drug-likeness (QED) is 0.604. The number of carbonyl (C=O) groups excluding carboxylic acids is 1. The van der Waals surface area contributed by atoms with Crippen LogP contribution in [0.25, 0.3) is 0 Å². The molecule has 0 bridgehead atoms. The lowest BCUT2D eigenvalue weighted by molar-refractivity contribution is -0.131. The Morgan fingerprint density at radius 1 is 0.929 bits per heavy atom. The molecule has 0 spiro atoms. The number of nitrogens with zero attached hydrogens (tertiary/aromatic N) is 2. The first kappa shape index (κ1) is 19.9. The second kappa shape index (κ2) is 9.93. The number of amides is 1. The van der Waals surface area contributed by atoms with E-state index in [1.54, 1.807) is 19.2 Å². The summed E-state index contributed by atoms with van der Waals surface area (Å²) in [5.41, 5.74) is 3.26. The van der Waals surface area contributed by atoms with E-state index in [0.29, 0.717) is 30.9 Å². The zero-order valence-electron chi connectivity index (χ0n) is 16.7. The maximum Gasteiger partial charge on any atom is 0.243 e. The fraction of sp³-hybridized carbons (Fsp3) is 0.391. The second-order valence-corrected chi connectivity index (χ2v) is 6.93. The van der Waals surface area contributed by atoms with Gasteiger partial charge in [-0.1, -0.05) is 36.8 Å². The molecule has 1 aliphatic rings. The predicted molar refractivity (Wildman–Crippen MR) is 111 cm³/mol. The summed E-state index contributed by atoms with van der Waals surface area (Å²) in [5, 5.41) is 6.26. The number of hydrazone groups is 1. The van der Waals surface area contributed by atoms with Crippen LogP contribution in [0.1, 0.15) is 43.2 Å². The second-order valence-electron chi connectivity index (χ2n) is 6.93. The summed E-state index contributed by atoms with van der Waals surface area (Å²) in [6.07, 6.45) is 5.39. The Morgan fingerprint density at radius 2 is 1.71 bits per heavy atom. The predicted octanol–water partition coefficient (Wildman–Crippen LogP) is 4.44. The number of methoxy groups -OCH3 is 2. The van der Waals surface area contributed by atoms with E-state index in [2.05, 4.69) is 29.4 Å². The molecule has 148 valence electrons. The third-order valence-corrected chi connectivity index (χ3v) is 5.00. The number of hydrogen-bond acceptors (Lipinski definition) is 4. The van der Waals surface area contributed by atoms with Crippen LogP contribution in [0.4, 0.5) is 0 Å². The van der Waals surface area contributed by atoms with E-state index in [1.807, 2.05) is 24.3 Å². The van der Waals surface area contributed by atoms with E-state index in [4.69, 9.17) is 9.47 Å². The van der Waals surface area contributed by atoms with Gasteiger partial charge in [0.05, 0.1) is 19.9 Å².